The van der Waals surface area contributed by atoms with E-state index in [1.165, 1.54) is 0 Å². The van der Waals surface area contributed by atoms with Crippen LogP contribution < -0.4 is 5.73 Å². The molecule has 0 amide bonds. The molecule has 0 aromatic carbocycles. The van der Waals surface area contributed by atoms with Crippen molar-refractivity contribution < 1.29 is 4.79 Å². The van der Waals surface area contributed by atoms with Crippen molar-refractivity contribution in [2.45, 2.75) is 59.9 Å². The van der Waals surface area contributed by atoms with Gasteiger partial charge in [-0.25, -0.2) is 0 Å². The van der Waals surface area contributed by atoms with E-state index in [1.807, 2.05) is 33.8 Å². The van der Waals surface area contributed by atoms with Crippen molar-refractivity contribution >= 4 is 5.78 Å². The van der Waals surface area contributed by atoms with Gasteiger partial charge in [0.05, 0.1) is 5.57 Å². The van der Waals surface area contributed by atoms with Gasteiger partial charge in [-0.2, -0.15) is 5.26 Å². The lowest BCUT2D eigenvalue weighted by atomic mass is 9.52. The molecule has 0 bridgehead atoms. The standard InChI is InChI=1S/C14H20N2O.C2H6/c1-13(2)11-5-4-10(16)7-14(11,3)6-9(8-15)12(13)17;1-2/h6,10-11H,4-5,7,16H2,1-3H3;1-2H3. The minimum Gasteiger partial charge on any atom is -0.328 e. The number of carbonyl (C=O) groups is 1. The molecule has 0 aromatic heterocycles. The molecule has 2 rings (SSSR count). The van der Waals surface area contributed by atoms with E-state index in [0.717, 1.165) is 19.3 Å². The second kappa shape index (κ2) is 5.46. The molecular formula is C16H26N2O. The van der Waals surface area contributed by atoms with Gasteiger partial charge in [-0.1, -0.05) is 40.7 Å². The summed E-state index contributed by atoms with van der Waals surface area (Å²) in [6.07, 6.45) is 4.71. The summed E-state index contributed by atoms with van der Waals surface area (Å²) in [6, 6.07) is 2.24. The molecule has 2 N–H and O–H groups in total. The molecule has 3 heteroatoms. The predicted octanol–water partition coefficient (Wildman–Crippen LogP) is 3.21. The first-order chi connectivity index (χ1) is 8.81. The number of hydrogen-bond donors (Lipinski definition) is 1. The van der Waals surface area contributed by atoms with E-state index in [9.17, 15) is 4.79 Å². The Balaban J connectivity index is 0.000000861. The van der Waals surface area contributed by atoms with Crippen LogP contribution in [0.3, 0.4) is 0 Å². The van der Waals surface area contributed by atoms with Gasteiger partial charge >= 0.3 is 0 Å². The first-order valence-electron chi connectivity index (χ1n) is 7.24. The molecule has 3 atom stereocenters. The topological polar surface area (TPSA) is 66.9 Å². The molecule has 2 aliphatic carbocycles. The Labute approximate surface area is 116 Å². The molecule has 0 aromatic rings. The smallest absolute Gasteiger partial charge is 0.178 e. The van der Waals surface area contributed by atoms with Crippen molar-refractivity contribution in [3.8, 4) is 6.07 Å². The predicted molar refractivity (Wildman–Crippen MR) is 77.3 cm³/mol. The van der Waals surface area contributed by atoms with Crippen molar-refractivity contribution in [2.24, 2.45) is 22.5 Å². The third kappa shape index (κ3) is 2.60. The van der Waals surface area contributed by atoms with Crippen molar-refractivity contribution in [1.29, 1.82) is 5.26 Å². The van der Waals surface area contributed by atoms with Crippen molar-refractivity contribution in [2.75, 3.05) is 0 Å². The maximum absolute atomic E-state index is 12.2. The molecule has 2 aliphatic rings. The largest absolute Gasteiger partial charge is 0.328 e. The van der Waals surface area contributed by atoms with Crippen LogP contribution in [0.2, 0.25) is 0 Å². The SMILES string of the molecule is CC.CC12C=C(C#N)C(=O)C(C)(C)C1CCC(N)C2. The number of nitrogens with zero attached hydrogens (tertiary/aromatic N) is 1. The van der Waals surface area contributed by atoms with Crippen molar-refractivity contribution in [3.05, 3.63) is 11.6 Å². The average Bonchev–Trinajstić information content (AvgIpc) is 2.35. The van der Waals surface area contributed by atoms with Gasteiger partial charge in [0, 0.05) is 11.5 Å². The molecule has 1 fully saturated rings. The number of ketones is 1. The average molecular weight is 262 g/mol. The number of fused-ring (bicyclic) bond motifs is 1. The monoisotopic (exact) mass is 262 g/mol. The van der Waals surface area contributed by atoms with Crippen LogP contribution in [0, 0.1) is 28.1 Å². The van der Waals surface area contributed by atoms with E-state index in [0.29, 0.717) is 11.5 Å². The first-order valence-corrected chi connectivity index (χ1v) is 7.24. The van der Waals surface area contributed by atoms with E-state index < -0.39 is 5.41 Å². The summed E-state index contributed by atoms with van der Waals surface area (Å²) in [5.74, 6) is 0.303. The Morgan fingerprint density at radius 2 is 1.89 bits per heavy atom. The molecule has 3 unspecified atom stereocenters. The number of nitrogens with two attached hydrogens (primary N) is 1. The van der Waals surface area contributed by atoms with Crippen LogP contribution in [-0.4, -0.2) is 11.8 Å². The number of nitriles is 1. The number of Topliss-reactive ketones (excluding diaryl/α,β-unsaturated/α-hetero) is 1. The summed E-state index contributed by atoms with van der Waals surface area (Å²) in [5, 5.41) is 9.09. The van der Waals surface area contributed by atoms with Gasteiger partial charge in [-0.05, 0) is 30.6 Å². The Bertz CT molecular complexity index is 431. The van der Waals surface area contributed by atoms with E-state index in [4.69, 9.17) is 11.0 Å². The second-order valence-electron chi connectivity index (χ2n) is 6.32. The van der Waals surface area contributed by atoms with Gasteiger partial charge in [0.25, 0.3) is 0 Å². The number of carbonyl (C=O) groups excluding carboxylic acids is 1. The number of allylic oxidation sites excluding steroid dienone is 2. The van der Waals surface area contributed by atoms with Gasteiger partial charge in [0.2, 0.25) is 0 Å². The third-order valence-corrected chi connectivity index (χ3v) is 4.62. The fourth-order valence-corrected chi connectivity index (χ4v) is 3.85. The van der Waals surface area contributed by atoms with E-state index in [1.54, 1.807) is 0 Å². The molecule has 0 spiro atoms. The van der Waals surface area contributed by atoms with Gasteiger partial charge in [0.1, 0.15) is 6.07 Å². The van der Waals surface area contributed by atoms with Crippen LogP contribution in [0.15, 0.2) is 11.6 Å². The highest BCUT2D eigenvalue weighted by Gasteiger charge is 2.52. The summed E-state index contributed by atoms with van der Waals surface area (Å²) < 4.78 is 0. The lowest BCUT2D eigenvalue weighted by molar-refractivity contribution is -0.131. The summed E-state index contributed by atoms with van der Waals surface area (Å²) in [5.41, 5.74) is 5.83. The lowest BCUT2D eigenvalue weighted by Crippen LogP contribution is -2.51. The Morgan fingerprint density at radius 3 is 2.42 bits per heavy atom. The fraction of sp³-hybridized carbons (Fsp3) is 0.750. The van der Waals surface area contributed by atoms with Crippen LogP contribution >= 0.6 is 0 Å². The maximum Gasteiger partial charge on any atom is 0.178 e. The second-order valence-corrected chi connectivity index (χ2v) is 6.32. The molecule has 0 saturated heterocycles. The highest BCUT2D eigenvalue weighted by molar-refractivity contribution is 6.04. The summed E-state index contributed by atoms with van der Waals surface area (Å²) >= 11 is 0. The highest BCUT2D eigenvalue weighted by Crippen LogP contribution is 2.54. The van der Waals surface area contributed by atoms with E-state index in [2.05, 4.69) is 13.0 Å². The van der Waals surface area contributed by atoms with Crippen LogP contribution in [0.5, 0.6) is 0 Å². The number of rotatable bonds is 0. The van der Waals surface area contributed by atoms with Crippen LogP contribution in [-0.2, 0) is 4.79 Å². The van der Waals surface area contributed by atoms with Gasteiger partial charge < -0.3 is 5.73 Å². The molecule has 19 heavy (non-hydrogen) atoms. The highest BCUT2D eigenvalue weighted by atomic mass is 16.1. The normalized spacial score (nSPS) is 36.3. The third-order valence-electron chi connectivity index (χ3n) is 4.62. The molecule has 106 valence electrons. The molecule has 1 saturated carbocycles. The van der Waals surface area contributed by atoms with Crippen LogP contribution in [0.4, 0.5) is 0 Å². The molecule has 3 nitrogen and oxygen atoms in total. The maximum atomic E-state index is 12.2. The van der Waals surface area contributed by atoms with Gasteiger partial charge in [-0.15, -0.1) is 0 Å². The number of hydrogen-bond acceptors (Lipinski definition) is 3. The first kappa shape index (κ1) is 15.9. The fourth-order valence-electron chi connectivity index (χ4n) is 3.85. The zero-order chi connectivity index (χ0) is 14.8. The Kier molecular flexibility index (Phi) is 4.58. The summed E-state index contributed by atoms with van der Waals surface area (Å²) in [4.78, 5) is 12.2. The quantitative estimate of drug-likeness (QED) is 0.729. The Hall–Kier alpha value is -1.14. The minimum absolute atomic E-state index is 0.00190. The zero-order valence-corrected chi connectivity index (χ0v) is 12.8. The molecule has 0 radical (unpaired) electrons. The van der Waals surface area contributed by atoms with Crippen LogP contribution in [0.1, 0.15) is 53.9 Å². The zero-order valence-electron chi connectivity index (χ0n) is 12.8. The summed E-state index contributed by atoms with van der Waals surface area (Å²) in [7, 11) is 0. The summed E-state index contributed by atoms with van der Waals surface area (Å²) in [6.45, 7) is 10.1. The molecule has 0 aliphatic heterocycles. The van der Waals surface area contributed by atoms with Crippen molar-refractivity contribution in [1.82, 2.24) is 0 Å². The van der Waals surface area contributed by atoms with Crippen molar-refractivity contribution in [3.63, 3.8) is 0 Å². The van der Waals surface area contributed by atoms with Gasteiger partial charge in [-0.3, -0.25) is 4.79 Å². The molecule has 0 heterocycles. The Morgan fingerprint density at radius 1 is 1.32 bits per heavy atom. The van der Waals surface area contributed by atoms with Gasteiger partial charge in [0.15, 0.2) is 5.78 Å². The molecular weight excluding hydrogens is 236 g/mol. The van der Waals surface area contributed by atoms with E-state index >= 15 is 0 Å². The lowest BCUT2D eigenvalue weighted by Gasteiger charge is -2.51. The van der Waals surface area contributed by atoms with Crippen LogP contribution in [0.25, 0.3) is 0 Å². The minimum atomic E-state index is -0.436. The van der Waals surface area contributed by atoms with E-state index in [-0.39, 0.29) is 17.2 Å².